The molecule has 0 saturated carbocycles. The van der Waals surface area contributed by atoms with Crippen molar-refractivity contribution in [2.24, 2.45) is 0 Å². The summed E-state index contributed by atoms with van der Waals surface area (Å²) in [5.41, 5.74) is 0. The molecule has 0 atom stereocenters. The van der Waals surface area contributed by atoms with Crippen molar-refractivity contribution in [1.82, 2.24) is 5.32 Å². The monoisotopic (exact) mass is 221 g/mol. The fourth-order valence-corrected chi connectivity index (χ4v) is 1.68. The van der Waals surface area contributed by atoms with E-state index in [1.54, 1.807) is 0 Å². The van der Waals surface area contributed by atoms with Crippen molar-refractivity contribution in [1.29, 1.82) is 0 Å². The van der Waals surface area contributed by atoms with Crippen LogP contribution in [-0.4, -0.2) is 6.54 Å². The van der Waals surface area contributed by atoms with Crippen LogP contribution in [0.3, 0.4) is 0 Å². The molecule has 15 heavy (non-hydrogen) atoms. The van der Waals surface area contributed by atoms with E-state index < -0.39 is 0 Å². The van der Waals surface area contributed by atoms with Crippen LogP contribution in [0, 0.1) is 6.54 Å². The first-order valence-corrected chi connectivity index (χ1v) is 6.43. The summed E-state index contributed by atoms with van der Waals surface area (Å²) in [7, 11) is 0. The van der Waals surface area contributed by atoms with Crippen LogP contribution in [0.4, 0.5) is 0 Å². The summed E-state index contributed by atoms with van der Waals surface area (Å²) >= 11 is 0. The summed E-state index contributed by atoms with van der Waals surface area (Å²) in [5, 5.41) is 3.24. The van der Waals surface area contributed by atoms with Gasteiger partial charge in [-0.25, -0.2) is 0 Å². The van der Waals surface area contributed by atoms with Gasteiger partial charge < -0.3 is 5.32 Å². The van der Waals surface area contributed by atoms with Gasteiger partial charge in [0.2, 0.25) is 0 Å². The molecule has 0 radical (unpaired) electrons. The zero-order chi connectivity index (χ0) is 10.5. The molecule has 0 aliphatic heterocycles. The summed E-state index contributed by atoms with van der Waals surface area (Å²) in [6.45, 7) is 7.52. The van der Waals surface area contributed by atoms with Gasteiger partial charge in [-0.1, -0.05) is 58.3 Å². The van der Waals surface area contributed by atoms with Gasteiger partial charge in [-0.3, -0.25) is 6.54 Å². The zero-order valence-corrected chi connectivity index (χ0v) is 13.1. The van der Waals surface area contributed by atoms with Crippen molar-refractivity contribution in [3.63, 3.8) is 0 Å². The van der Waals surface area contributed by atoms with Crippen LogP contribution in [0.15, 0.2) is 0 Å². The molecule has 1 N–H and O–H groups in total. The molecule has 2 heteroatoms. The van der Waals surface area contributed by atoms with Gasteiger partial charge >= 0.3 is 29.6 Å². The molecule has 0 aliphatic carbocycles. The van der Waals surface area contributed by atoms with Crippen LogP contribution < -0.4 is 34.9 Å². The molecule has 0 aromatic rings. The Morgan fingerprint density at radius 1 is 0.800 bits per heavy atom. The van der Waals surface area contributed by atoms with E-state index in [1.165, 1.54) is 57.8 Å². The van der Waals surface area contributed by atoms with Gasteiger partial charge in [0.15, 0.2) is 0 Å². The Morgan fingerprint density at radius 3 is 1.73 bits per heavy atom. The van der Waals surface area contributed by atoms with Gasteiger partial charge in [-0.15, -0.1) is 0 Å². The van der Waals surface area contributed by atoms with Crippen LogP contribution in [0.25, 0.3) is 0 Å². The zero-order valence-electron chi connectivity index (χ0n) is 11.1. The number of hydrogen-bond donors (Lipinski definition) is 1. The van der Waals surface area contributed by atoms with Gasteiger partial charge in [-0.2, -0.15) is 6.92 Å². The maximum Gasteiger partial charge on any atom is 1.00 e. The van der Waals surface area contributed by atoms with Gasteiger partial charge in [0, 0.05) is 0 Å². The molecular formula is C13H28NNa. The van der Waals surface area contributed by atoms with Crippen molar-refractivity contribution >= 4 is 0 Å². The molecule has 0 heterocycles. The summed E-state index contributed by atoms with van der Waals surface area (Å²) in [5.74, 6) is 0. The minimum Gasteiger partial charge on any atom is -0.470 e. The van der Waals surface area contributed by atoms with Crippen molar-refractivity contribution < 1.29 is 29.6 Å². The summed E-state index contributed by atoms with van der Waals surface area (Å²) in [6.07, 6.45) is 12.7. The number of rotatable bonds is 11. The van der Waals surface area contributed by atoms with Crippen LogP contribution in [0.5, 0.6) is 0 Å². The molecule has 0 aromatic heterocycles. The topological polar surface area (TPSA) is 12.0 Å². The molecule has 0 unspecified atom stereocenters. The second-order valence-electron chi connectivity index (χ2n) is 4.07. The van der Waals surface area contributed by atoms with Crippen LogP contribution in [-0.2, 0) is 0 Å². The van der Waals surface area contributed by atoms with Gasteiger partial charge in [0.05, 0.1) is 0 Å². The Labute approximate surface area is 119 Å². The van der Waals surface area contributed by atoms with Gasteiger partial charge in [0.1, 0.15) is 0 Å². The quantitative estimate of drug-likeness (QED) is 0.315. The maximum atomic E-state index is 3.24. The van der Waals surface area contributed by atoms with Gasteiger partial charge in [-0.05, 0) is 13.0 Å². The predicted molar refractivity (Wildman–Crippen MR) is 65.2 cm³/mol. The minimum absolute atomic E-state index is 0. The average molecular weight is 221 g/mol. The third kappa shape index (κ3) is 17.6. The number of nitrogens with one attached hydrogen (secondary N) is 1. The first kappa shape index (κ1) is 18.3. The van der Waals surface area contributed by atoms with E-state index in [-0.39, 0.29) is 29.6 Å². The Hall–Kier alpha value is 0.960. The van der Waals surface area contributed by atoms with E-state index in [2.05, 4.69) is 12.2 Å². The first-order chi connectivity index (χ1) is 6.91. The molecule has 0 bridgehead atoms. The molecule has 0 aromatic carbocycles. The van der Waals surface area contributed by atoms with E-state index in [1.807, 2.05) is 13.5 Å². The van der Waals surface area contributed by atoms with Crippen molar-refractivity contribution in [2.75, 3.05) is 6.54 Å². The normalized spacial score (nSPS) is 10.0. The SMILES string of the molecule is C[CH-]NCCCCCCCCCCC.[Na+]. The van der Waals surface area contributed by atoms with E-state index in [9.17, 15) is 0 Å². The number of unbranched alkanes of at least 4 members (excludes halogenated alkanes) is 8. The summed E-state index contributed by atoms with van der Waals surface area (Å²) in [4.78, 5) is 0. The number of hydrogen-bond acceptors (Lipinski definition) is 1. The Balaban J connectivity index is 0. The van der Waals surface area contributed by atoms with Gasteiger partial charge in [0.25, 0.3) is 0 Å². The van der Waals surface area contributed by atoms with Crippen LogP contribution >= 0.6 is 0 Å². The van der Waals surface area contributed by atoms with Crippen LogP contribution in [0.1, 0.15) is 71.6 Å². The smallest absolute Gasteiger partial charge is 0.470 e. The van der Waals surface area contributed by atoms with E-state index >= 15 is 0 Å². The second kappa shape index (κ2) is 17.4. The molecule has 1 nitrogen and oxygen atoms in total. The molecule has 86 valence electrons. The van der Waals surface area contributed by atoms with Crippen molar-refractivity contribution in [3.8, 4) is 0 Å². The fourth-order valence-electron chi connectivity index (χ4n) is 1.68. The van der Waals surface area contributed by atoms with E-state index in [4.69, 9.17) is 0 Å². The maximum absolute atomic E-state index is 3.24. The second-order valence-corrected chi connectivity index (χ2v) is 4.07. The molecule has 0 aliphatic rings. The van der Waals surface area contributed by atoms with Crippen molar-refractivity contribution in [2.45, 2.75) is 71.6 Å². The third-order valence-corrected chi connectivity index (χ3v) is 2.63. The standard InChI is InChI=1S/C13H28N.Na/c1-3-5-6-7-8-9-10-11-12-13-14-4-2;/h4,14H,3,5-13H2,1-2H3;/q-1;+1. The van der Waals surface area contributed by atoms with Crippen molar-refractivity contribution in [3.05, 3.63) is 6.54 Å². The summed E-state index contributed by atoms with van der Waals surface area (Å²) in [6, 6.07) is 0. The minimum atomic E-state index is 0. The van der Waals surface area contributed by atoms with Crippen LogP contribution in [0.2, 0.25) is 0 Å². The summed E-state index contributed by atoms with van der Waals surface area (Å²) < 4.78 is 0. The van der Waals surface area contributed by atoms with E-state index in [0.29, 0.717) is 0 Å². The fraction of sp³-hybridized carbons (Fsp3) is 0.923. The molecule has 0 amide bonds. The average Bonchev–Trinajstić information content (AvgIpc) is 2.21. The third-order valence-electron chi connectivity index (χ3n) is 2.63. The predicted octanol–water partition coefficient (Wildman–Crippen LogP) is 1.29. The molecular weight excluding hydrogens is 193 g/mol. The first-order valence-electron chi connectivity index (χ1n) is 6.43. The Morgan fingerprint density at radius 2 is 1.27 bits per heavy atom. The Kier molecular flexibility index (Phi) is 21.2. The Bertz CT molecular complexity index is 84.5. The molecule has 0 saturated heterocycles. The van der Waals surface area contributed by atoms with E-state index in [0.717, 1.165) is 6.54 Å². The molecule has 0 rings (SSSR count). The largest absolute Gasteiger partial charge is 1.00 e. The molecule has 0 spiro atoms. The molecule has 0 fully saturated rings.